The Kier molecular flexibility index (Phi) is 4.09. The number of carbonyl (C=O) groups excluding carboxylic acids is 1. The summed E-state index contributed by atoms with van der Waals surface area (Å²) in [5.41, 5.74) is 0.141. The Bertz CT molecular complexity index is 854. The molecule has 0 aliphatic rings. The lowest BCUT2D eigenvalue weighted by Gasteiger charge is -2.07. The first kappa shape index (κ1) is 15.6. The number of nitrogens with zero attached hydrogens (tertiary/aromatic N) is 1. The van der Waals surface area contributed by atoms with Gasteiger partial charge in [-0.1, -0.05) is 18.2 Å². The van der Waals surface area contributed by atoms with Crippen LogP contribution in [0.1, 0.15) is 15.9 Å². The lowest BCUT2D eigenvalue weighted by Crippen LogP contribution is -2.05. The monoisotopic (exact) mass is 333 g/mol. The van der Waals surface area contributed by atoms with E-state index < -0.39 is 11.7 Å². The van der Waals surface area contributed by atoms with Gasteiger partial charge in [0.05, 0.1) is 11.1 Å². The average Bonchev–Trinajstić information content (AvgIpc) is 2.54. The zero-order valence-electron chi connectivity index (χ0n) is 11.7. The number of pyridine rings is 1. The minimum atomic E-state index is -4.41. The van der Waals surface area contributed by atoms with E-state index in [0.717, 1.165) is 29.3 Å². The predicted molar refractivity (Wildman–Crippen MR) is 83.4 cm³/mol. The van der Waals surface area contributed by atoms with Crippen LogP contribution in [-0.2, 0) is 6.18 Å². The molecule has 0 fully saturated rings. The van der Waals surface area contributed by atoms with Crippen molar-refractivity contribution in [2.45, 2.75) is 11.1 Å². The molecule has 0 spiro atoms. The first-order valence-corrected chi connectivity index (χ1v) is 7.50. The van der Waals surface area contributed by atoms with Gasteiger partial charge in [0, 0.05) is 22.0 Å². The van der Waals surface area contributed by atoms with E-state index in [4.69, 9.17) is 0 Å². The van der Waals surface area contributed by atoms with E-state index in [-0.39, 0.29) is 10.7 Å². The second-order valence-electron chi connectivity index (χ2n) is 4.80. The highest BCUT2D eigenvalue weighted by atomic mass is 32.2. The Labute approximate surface area is 134 Å². The Hall–Kier alpha value is -2.34. The second-order valence-corrected chi connectivity index (χ2v) is 5.81. The minimum absolute atomic E-state index is 0.218. The highest BCUT2D eigenvalue weighted by molar-refractivity contribution is 8.14. The van der Waals surface area contributed by atoms with Gasteiger partial charge in [0.15, 0.2) is 0 Å². The number of halogens is 3. The van der Waals surface area contributed by atoms with Crippen molar-refractivity contribution in [1.82, 2.24) is 4.98 Å². The zero-order chi connectivity index (χ0) is 16.4. The van der Waals surface area contributed by atoms with Crippen molar-refractivity contribution in [2.75, 3.05) is 0 Å². The van der Waals surface area contributed by atoms with Crippen molar-refractivity contribution < 1.29 is 18.0 Å². The summed E-state index contributed by atoms with van der Waals surface area (Å²) >= 11 is 0.957. The number of carbonyl (C=O) groups is 1. The maximum Gasteiger partial charge on any atom is 0.416 e. The van der Waals surface area contributed by atoms with Gasteiger partial charge in [0.25, 0.3) is 0 Å². The van der Waals surface area contributed by atoms with Crippen molar-refractivity contribution >= 4 is 27.8 Å². The Morgan fingerprint density at radius 3 is 2.35 bits per heavy atom. The normalized spacial score (nSPS) is 11.6. The molecular formula is C17H10F3NOS. The van der Waals surface area contributed by atoms with Crippen LogP contribution in [-0.4, -0.2) is 10.1 Å². The van der Waals surface area contributed by atoms with Gasteiger partial charge in [-0.15, -0.1) is 0 Å². The molecule has 0 saturated carbocycles. The molecule has 2 aromatic carbocycles. The van der Waals surface area contributed by atoms with Crippen molar-refractivity contribution in [3.8, 4) is 0 Å². The quantitative estimate of drug-likeness (QED) is 0.605. The molecule has 3 rings (SSSR count). The summed E-state index contributed by atoms with van der Waals surface area (Å²) in [6.45, 7) is 0. The first-order valence-electron chi connectivity index (χ1n) is 6.68. The van der Waals surface area contributed by atoms with Gasteiger partial charge in [0.1, 0.15) is 0 Å². The van der Waals surface area contributed by atoms with E-state index in [2.05, 4.69) is 4.98 Å². The van der Waals surface area contributed by atoms with E-state index in [0.29, 0.717) is 10.4 Å². The van der Waals surface area contributed by atoms with Gasteiger partial charge in [-0.25, -0.2) is 0 Å². The van der Waals surface area contributed by atoms with Gasteiger partial charge >= 0.3 is 6.18 Å². The minimum Gasteiger partial charge on any atom is -0.281 e. The maximum absolute atomic E-state index is 12.5. The SMILES string of the molecule is O=C(Sc1cccc2cccnc12)c1ccc(C(F)(F)F)cc1. The fraction of sp³-hybridized carbons (Fsp3) is 0.0588. The third kappa shape index (κ3) is 3.37. The number of thioether (sulfide) groups is 1. The van der Waals surface area contributed by atoms with Gasteiger partial charge < -0.3 is 0 Å². The highest BCUT2D eigenvalue weighted by Gasteiger charge is 2.30. The Morgan fingerprint density at radius 2 is 1.65 bits per heavy atom. The molecule has 0 atom stereocenters. The van der Waals surface area contributed by atoms with Gasteiger partial charge in [-0.05, 0) is 48.2 Å². The summed E-state index contributed by atoms with van der Waals surface area (Å²) in [5.74, 6) is 0. The Balaban J connectivity index is 1.86. The average molecular weight is 333 g/mol. The topological polar surface area (TPSA) is 30.0 Å². The molecule has 0 saturated heterocycles. The lowest BCUT2D eigenvalue weighted by molar-refractivity contribution is -0.137. The highest BCUT2D eigenvalue weighted by Crippen LogP contribution is 2.31. The molecular weight excluding hydrogens is 323 g/mol. The van der Waals surface area contributed by atoms with E-state index >= 15 is 0 Å². The summed E-state index contributed by atoms with van der Waals surface area (Å²) in [5, 5.41) is 0.578. The number of fused-ring (bicyclic) bond motifs is 1. The molecule has 0 bridgehead atoms. The lowest BCUT2D eigenvalue weighted by atomic mass is 10.1. The molecule has 2 nitrogen and oxygen atoms in total. The van der Waals surface area contributed by atoms with Crippen LogP contribution < -0.4 is 0 Å². The van der Waals surface area contributed by atoms with Crippen LogP contribution in [0.15, 0.2) is 65.7 Å². The van der Waals surface area contributed by atoms with Gasteiger partial charge in [-0.3, -0.25) is 9.78 Å². The molecule has 6 heteroatoms. The van der Waals surface area contributed by atoms with Crippen molar-refractivity contribution in [3.63, 3.8) is 0 Å². The van der Waals surface area contributed by atoms with Crippen LogP contribution >= 0.6 is 11.8 Å². The molecule has 116 valence electrons. The summed E-state index contributed by atoms with van der Waals surface area (Å²) in [6, 6.07) is 13.4. The van der Waals surface area contributed by atoms with Crippen molar-refractivity contribution in [2.24, 2.45) is 0 Å². The number of benzene rings is 2. The van der Waals surface area contributed by atoms with Crippen molar-refractivity contribution in [1.29, 1.82) is 0 Å². The predicted octanol–water partition coefficient (Wildman–Crippen LogP) is 5.19. The van der Waals surface area contributed by atoms with Gasteiger partial charge in [0.2, 0.25) is 5.12 Å². The van der Waals surface area contributed by atoms with E-state index in [9.17, 15) is 18.0 Å². The molecule has 1 aromatic heterocycles. The van der Waals surface area contributed by atoms with Crippen LogP contribution in [0, 0.1) is 0 Å². The molecule has 1 heterocycles. The van der Waals surface area contributed by atoms with Crippen molar-refractivity contribution in [3.05, 3.63) is 71.9 Å². The van der Waals surface area contributed by atoms with Crippen LogP contribution in [0.25, 0.3) is 10.9 Å². The standard InChI is InChI=1S/C17H10F3NOS/c18-17(19,20)13-8-6-12(7-9-13)16(22)23-14-5-1-3-11-4-2-10-21-15(11)14/h1-10H. The molecule has 0 unspecified atom stereocenters. The third-order valence-electron chi connectivity index (χ3n) is 3.25. The fourth-order valence-corrected chi connectivity index (χ4v) is 2.98. The van der Waals surface area contributed by atoms with E-state index in [1.807, 2.05) is 18.2 Å². The van der Waals surface area contributed by atoms with Crippen LogP contribution in [0.2, 0.25) is 0 Å². The second kappa shape index (κ2) is 6.04. The number of aromatic nitrogens is 1. The number of hydrogen-bond donors (Lipinski definition) is 0. The molecule has 0 N–H and O–H groups in total. The van der Waals surface area contributed by atoms with E-state index in [1.165, 1.54) is 12.1 Å². The molecule has 3 aromatic rings. The molecule has 0 aliphatic heterocycles. The first-order chi connectivity index (χ1) is 10.9. The Morgan fingerprint density at radius 1 is 0.957 bits per heavy atom. The summed E-state index contributed by atoms with van der Waals surface area (Å²) < 4.78 is 37.6. The third-order valence-corrected chi connectivity index (χ3v) is 4.22. The molecule has 0 amide bonds. The summed E-state index contributed by atoms with van der Waals surface area (Å²) in [7, 11) is 0. The van der Waals surface area contributed by atoms with Crippen LogP contribution in [0.5, 0.6) is 0 Å². The van der Waals surface area contributed by atoms with Gasteiger partial charge in [-0.2, -0.15) is 13.2 Å². The molecule has 0 aliphatic carbocycles. The zero-order valence-corrected chi connectivity index (χ0v) is 12.5. The summed E-state index contributed by atoms with van der Waals surface area (Å²) in [6.07, 6.45) is -2.77. The summed E-state index contributed by atoms with van der Waals surface area (Å²) in [4.78, 5) is 17.2. The molecule has 23 heavy (non-hydrogen) atoms. The fourth-order valence-electron chi connectivity index (χ4n) is 2.11. The number of hydrogen-bond acceptors (Lipinski definition) is 3. The number of para-hydroxylation sites is 1. The van der Waals surface area contributed by atoms with E-state index in [1.54, 1.807) is 18.3 Å². The largest absolute Gasteiger partial charge is 0.416 e. The smallest absolute Gasteiger partial charge is 0.281 e. The van der Waals surface area contributed by atoms with Crippen LogP contribution in [0.3, 0.4) is 0 Å². The maximum atomic E-state index is 12.5. The van der Waals surface area contributed by atoms with Crippen LogP contribution in [0.4, 0.5) is 13.2 Å². The number of alkyl halides is 3. The number of rotatable bonds is 2. The molecule has 0 radical (unpaired) electrons.